The first-order valence-electron chi connectivity index (χ1n) is 4.87. The van der Waals surface area contributed by atoms with Crippen molar-refractivity contribution in [3.63, 3.8) is 0 Å². The Hall–Kier alpha value is -1.34. The molecule has 0 aliphatic heterocycles. The second kappa shape index (κ2) is 5.97. The molecule has 0 saturated heterocycles. The van der Waals surface area contributed by atoms with Crippen molar-refractivity contribution in [3.05, 3.63) is 48.8 Å². The van der Waals surface area contributed by atoms with Crippen molar-refractivity contribution in [1.82, 2.24) is 9.97 Å². The molecule has 6 nitrogen and oxygen atoms in total. The third kappa shape index (κ3) is 3.04. The Kier molecular flexibility index (Phi) is 4.49. The van der Waals surface area contributed by atoms with Crippen molar-refractivity contribution in [2.75, 3.05) is 0 Å². The molecule has 20 heavy (non-hydrogen) atoms. The quantitative estimate of drug-likeness (QED) is 0.342. The number of benzene rings is 1. The summed E-state index contributed by atoms with van der Waals surface area (Å²) in [7, 11) is 0. The molecular formula is C10H3Cl4N3O3. The minimum absolute atomic E-state index is 0.0546. The lowest BCUT2D eigenvalue weighted by atomic mass is 10.3. The van der Waals surface area contributed by atoms with Crippen LogP contribution in [0.25, 0.3) is 0 Å². The van der Waals surface area contributed by atoms with Gasteiger partial charge in [-0.05, 0) is 6.07 Å². The summed E-state index contributed by atoms with van der Waals surface area (Å²) in [6, 6.07) is 2.65. The number of rotatable bonds is 3. The Morgan fingerprint density at radius 1 is 1.05 bits per heavy atom. The monoisotopic (exact) mass is 353 g/mol. The van der Waals surface area contributed by atoms with Gasteiger partial charge in [0, 0.05) is 6.07 Å². The summed E-state index contributed by atoms with van der Waals surface area (Å²) in [5, 5.41) is 11.1. The van der Waals surface area contributed by atoms with Crippen LogP contribution in [0.5, 0.6) is 11.6 Å². The van der Waals surface area contributed by atoms with Gasteiger partial charge in [0.25, 0.3) is 0 Å². The lowest BCUT2D eigenvalue weighted by Crippen LogP contribution is -1.98. The Labute approximate surface area is 132 Å². The molecule has 1 heterocycles. The van der Waals surface area contributed by atoms with Gasteiger partial charge in [-0.15, -0.1) is 0 Å². The van der Waals surface area contributed by atoms with Crippen LogP contribution in [0.4, 0.5) is 5.69 Å². The van der Waals surface area contributed by atoms with E-state index in [1.807, 2.05) is 0 Å². The Morgan fingerprint density at radius 2 is 1.70 bits per heavy atom. The summed E-state index contributed by atoms with van der Waals surface area (Å²) in [4.78, 5) is 17.3. The molecule has 2 rings (SSSR count). The standard InChI is InChI=1S/C10H3Cl4N3O3/c11-4-1-6(13)7(2-5(4)12)20-10-8(17(18)19)9(14)15-3-16-10/h1-3H. The van der Waals surface area contributed by atoms with Crippen LogP contribution >= 0.6 is 46.4 Å². The van der Waals surface area contributed by atoms with E-state index in [1.54, 1.807) is 0 Å². The predicted octanol–water partition coefficient (Wildman–Crippen LogP) is 4.79. The number of aromatic nitrogens is 2. The number of hydrogen-bond acceptors (Lipinski definition) is 5. The average molecular weight is 355 g/mol. The van der Waals surface area contributed by atoms with E-state index in [9.17, 15) is 10.1 Å². The predicted molar refractivity (Wildman–Crippen MR) is 75.2 cm³/mol. The van der Waals surface area contributed by atoms with E-state index >= 15 is 0 Å². The van der Waals surface area contributed by atoms with Gasteiger partial charge in [-0.2, -0.15) is 4.98 Å². The molecule has 0 fully saturated rings. The summed E-state index contributed by atoms with van der Waals surface area (Å²) >= 11 is 23.1. The van der Waals surface area contributed by atoms with Crippen LogP contribution in [0.2, 0.25) is 20.2 Å². The molecule has 0 spiro atoms. The maximum absolute atomic E-state index is 10.9. The topological polar surface area (TPSA) is 78.2 Å². The molecule has 104 valence electrons. The first-order chi connectivity index (χ1) is 9.40. The summed E-state index contributed by atoms with van der Waals surface area (Å²) < 4.78 is 5.27. The molecule has 0 atom stereocenters. The van der Waals surface area contributed by atoms with E-state index in [2.05, 4.69) is 9.97 Å². The minimum atomic E-state index is -0.761. The molecule has 0 unspecified atom stereocenters. The molecule has 1 aromatic carbocycles. The molecule has 0 aliphatic carbocycles. The van der Waals surface area contributed by atoms with Crippen molar-refractivity contribution >= 4 is 52.1 Å². The Morgan fingerprint density at radius 3 is 2.35 bits per heavy atom. The Balaban J connectivity index is 2.48. The van der Waals surface area contributed by atoms with Gasteiger partial charge in [-0.25, -0.2) is 4.98 Å². The second-order valence-electron chi connectivity index (χ2n) is 3.37. The fraction of sp³-hybridized carbons (Fsp3) is 0. The summed E-state index contributed by atoms with van der Waals surface area (Å²) in [6.45, 7) is 0. The highest BCUT2D eigenvalue weighted by Gasteiger charge is 2.24. The number of halogens is 4. The molecule has 0 bridgehead atoms. The number of hydrogen-bond donors (Lipinski definition) is 0. The fourth-order valence-electron chi connectivity index (χ4n) is 1.26. The van der Waals surface area contributed by atoms with Gasteiger partial charge in [0.05, 0.1) is 20.0 Å². The van der Waals surface area contributed by atoms with E-state index in [0.29, 0.717) is 0 Å². The van der Waals surface area contributed by atoms with Crippen LogP contribution in [-0.4, -0.2) is 14.9 Å². The van der Waals surface area contributed by atoms with Crippen molar-refractivity contribution in [2.45, 2.75) is 0 Å². The van der Waals surface area contributed by atoms with Crippen molar-refractivity contribution < 1.29 is 9.66 Å². The molecule has 2 aromatic rings. The van der Waals surface area contributed by atoms with E-state index < -0.39 is 10.6 Å². The summed E-state index contributed by atoms with van der Waals surface area (Å²) in [6.07, 6.45) is 1.02. The molecule has 0 N–H and O–H groups in total. The normalized spacial score (nSPS) is 10.4. The SMILES string of the molecule is O=[N+]([O-])c1c(Cl)ncnc1Oc1cc(Cl)c(Cl)cc1Cl. The molecule has 0 saturated carbocycles. The van der Waals surface area contributed by atoms with E-state index in [1.165, 1.54) is 12.1 Å². The number of nitro groups is 1. The van der Waals surface area contributed by atoms with Gasteiger partial charge in [-0.1, -0.05) is 46.4 Å². The summed E-state index contributed by atoms with van der Waals surface area (Å²) in [5.74, 6) is -0.297. The first-order valence-corrected chi connectivity index (χ1v) is 6.38. The van der Waals surface area contributed by atoms with Crippen molar-refractivity contribution in [3.8, 4) is 11.6 Å². The molecule has 0 amide bonds. The van der Waals surface area contributed by atoms with E-state index in [4.69, 9.17) is 51.1 Å². The number of nitrogens with zero attached hydrogens (tertiary/aromatic N) is 3. The second-order valence-corrected chi connectivity index (χ2v) is 4.95. The fourth-order valence-corrected chi connectivity index (χ4v) is 2.03. The van der Waals surface area contributed by atoms with Gasteiger partial charge in [0.15, 0.2) is 0 Å². The molecule has 10 heteroatoms. The number of ether oxygens (including phenoxy) is 1. The van der Waals surface area contributed by atoms with Gasteiger partial charge in [-0.3, -0.25) is 10.1 Å². The third-order valence-electron chi connectivity index (χ3n) is 2.11. The molecule has 0 aliphatic rings. The zero-order valence-electron chi connectivity index (χ0n) is 9.31. The molecule has 1 aromatic heterocycles. The third-order valence-corrected chi connectivity index (χ3v) is 3.40. The highest BCUT2D eigenvalue weighted by atomic mass is 35.5. The van der Waals surface area contributed by atoms with Crippen LogP contribution in [-0.2, 0) is 0 Å². The van der Waals surface area contributed by atoms with Crippen LogP contribution in [0.3, 0.4) is 0 Å². The highest BCUT2D eigenvalue weighted by Crippen LogP contribution is 2.39. The van der Waals surface area contributed by atoms with Crippen LogP contribution in [0, 0.1) is 10.1 Å². The van der Waals surface area contributed by atoms with E-state index in [0.717, 1.165) is 6.33 Å². The smallest absolute Gasteiger partial charge is 0.368 e. The van der Waals surface area contributed by atoms with E-state index in [-0.39, 0.29) is 31.9 Å². The largest absolute Gasteiger partial charge is 0.432 e. The van der Waals surface area contributed by atoms with Gasteiger partial charge in [0.1, 0.15) is 12.1 Å². The van der Waals surface area contributed by atoms with Crippen LogP contribution in [0.1, 0.15) is 0 Å². The zero-order chi connectivity index (χ0) is 14.9. The van der Waals surface area contributed by atoms with Gasteiger partial charge in [0.2, 0.25) is 5.15 Å². The zero-order valence-corrected chi connectivity index (χ0v) is 12.3. The Bertz CT molecular complexity index is 696. The van der Waals surface area contributed by atoms with Crippen LogP contribution < -0.4 is 4.74 Å². The summed E-state index contributed by atoms with van der Waals surface area (Å²) in [5.41, 5.74) is -0.573. The maximum Gasteiger partial charge on any atom is 0.368 e. The molecule has 0 radical (unpaired) electrons. The average Bonchev–Trinajstić information content (AvgIpc) is 2.35. The van der Waals surface area contributed by atoms with Crippen molar-refractivity contribution in [2.24, 2.45) is 0 Å². The first kappa shape index (κ1) is 15.1. The van der Waals surface area contributed by atoms with Gasteiger partial charge >= 0.3 is 11.6 Å². The highest BCUT2D eigenvalue weighted by molar-refractivity contribution is 6.43. The maximum atomic E-state index is 10.9. The van der Waals surface area contributed by atoms with Crippen molar-refractivity contribution in [1.29, 1.82) is 0 Å². The molecular weight excluding hydrogens is 352 g/mol. The minimum Gasteiger partial charge on any atom is -0.432 e. The van der Waals surface area contributed by atoms with Crippen LogP contribution in [0.15, 0.2) is 18.5 Å². The lowest BCUT2D eigenvalue weighted by Gasteiger charge is -2.08. The lowest BCUT2D eigenvalue weighted by molar-refractivity contribution is -0.386. The van der Waals surface area contributed by atoms with Gasteiger partial charge < -0.3 is 4.74 Å².